The minimum atomic E-state index is -2.41. The molecule has 0 aliphatic carbocycles. The van der Waals surface area contributed by atoms with E-state index in [-0.39, 0.29) is 31.9 Å². The van der Waals surface area contributed by atoms with Crippen molar-refractivity contribution in [1.29, 1.82) is 0 Å². The smallest absolute Gasteiger partial charge is 0.261 e. The van der Waals surface area contributed by atoms with Crippen molar-refractivity contribution in [2.45, 2.75) is 0 Å². The molecule has 0 spiro atoms. The van der Waals surface area contributed by atoms with E-state index in [4.69, 9.17) is 0 Å². The molecule has 37 heavy (non-hydrogen) atoms. The summed E-state index contributed by atoms with van der Waals surface area (Å²) < 4.78 is 136. The van der Waals surface area contributed by atoms with Gasteiger partial charge < -0.3 is 15.1 Å². The minimum Gasteiger partial charge on any atom is -0.368 e. The molecule has 196 valence electrons. The molecule has 3 aromatic carbocycles. The zero-order chi connectivity index (χ0) is 27.2. The van der Waals surface area contributed by atoms with Crippen molar-refractivity contribution >= 4 is 23.0 Å². The summed E-state index contributed by atoms with van der Waals surface area (Å²) in [7, 11) is 0. The molecular formula is C23H13F10N3O. The maximum atomic E-state index is 14.1. The Hall–Kier alpha value is -3.97. The van der Waals surface area contributed by atoms with E-state index in [1.807, 2.05) is 5.32 Å². The van der Waals surface area contributed by atoms with E-state index >= 15 is 0 Å². The van der Waals surface area contributed by atoms with E-state index in [1.54, 1.807) is 4.90 Å². The molecule has 1 fully saturated rings. The highest BCUT2D eigenvalue weighted by Crippen LogP contribution is 2.32. The van der Waals surface area contributed by atoms with Gasteiger partial charge in [-0.1, -0.05) is 0 Å². The van der Waals surface area contributed by atoms with Gasteiger partial charge in [0.1, 0.15) is 11.3 Å². The maximum absolute atomic E-state index is 14.1. The van der Waals surface area contributed by atoms with Gasteiger partial charge in [-0.15, -0.1) is 0 Å². The van der Waals surface area contributed by atoms with Gasteiger partial charge in [0.2, 0.25) is 11.6 Å². The molecule has 0 bridgehead atoms. The quantitative estimate of drug-likeness (QED) is 0.265. The van der Waals surface area contributed by atoms with Crippen LogP contribution in [0, 0.1) is 58.2 Å². The second-order valence-electron chi connectivity index (χ2n) is 7.84. The van der Waals surface area contributed by atoms with Crippen molar-refractivity contribution in [1.82, 2.24) is 0 Å². The Bertz CT molecular complexity index is 1330. The third-order valence-electron chi connectivity index (χ3n) is 5.71. The van der Waals surface area contributed by atoms with Crippen LogP contribution in [0.1, 0.15) is 10.4 Å². The highest BCUT2D eigenvalue weighted by Gasteiger charge is 2.32. The number of halogens is 10. The second-order valence-corrected chi connectivity index (χ2v) is 7.84. The van der Waals surface area contributed by atoms with Crippen LogP contribution in [0.2, 0.25) is 0 Å². The lowest BCUT2D eigenvalue weighted by molar-refractivity contribution is 0.101. The number of carbonyl (C=O) groups is 1. The van der Waals surface area contributed by atoms with Crippen molar-refractivity contribution in [3.63, 3.8) is 0 Å². The summed E-state index contributed by atoms with van der Waals surface area (Å²) in [6.07, 6.45) is 0. The van der Waals surface area contributed by atoms with Crippen LogP contribution < -0.4 is 15.1 Å². The van der Waals surface area contributed by atoms with Gasteiger partial charge >= 0.3 is 0 Å². The summed E-state index contributed by atoms with van der Waals surface area (Å²) in [6.45, 7) is -0.0420. The summed E-state index contributed by atoms with van der Waals surface area (Å²) in [4.78, 5) is 14.8. The number of hydrogen-bond donors (Lipinski definition) is 1. The van der Waals surface area contributed by atoms with Crippen molar-refractivity contribution in [2.24, 2.45) is 0 Å². The lowest BCUT2D eigenvalue weighted by atomic mass is 10.1. The van der Waals surface area contributed by atoms with Gasteiger partial charge in [0.05, 0.1) is 0 Å². The van der Waals surface area contributed by atoms with Crippen molar-refractivity contribution in [3.8, 4) is 0 Å². The van der Waals surface area contributed by atoms with Crippen LogP contribution in [0.25, 0.3) is 0 Å². The normalized spacial score (nSPS) is 13.8. The fraction of sp³-hybridized carbons (Fsp3) is 0.174. The van der Waals surface area contributed by atoms with Gasteiger partial charge in [-0.05, 0) is 24.3 Å². The Morgan fingerprint density at radius 1 is 0.541 bits per heavy atom. The highest BCUT2D eigenvalue weighted by molar-refractivity contribution is 6.04. The van der Waals surface area contributed by atoms with E-state index in [9.17, 15) is 48.7 Å². The van der Waals surface area contributed by atoms with E-state index in [1.165, 1.54) is 24.3 Å². The molecule has 4 rings (SSSR count). The van der Waals surface area contributed by atoms with Gasteiger partial charge in [-0.3, -0.25) is 4.79 Å². The number of benzene rings is 3. The van der Waals surface area contributed by atoms with Crippen LogP contribution in [-0.2, 0) is 0 Å². The lowest BCUT2D eigenvalue weighted by Gasteiger charge is -2.37. The monoisotopic (exact) mass is 537 g/mol. The van der Waals surface area contributed by atoms with Crippen LogP contribution in [0.4, 0.5) is 61.0 Å². The summed E-state index contributed by atoms with van der Waals surface area (Å²) >= 11 is 0. The van der Waals surface area contributed by atoms with E-state index < -0.39 is 75.3 Å². The van der Waals surface area contributed by atoms with Crippen LogP contribution in [-0.4, -0.2) is 32.1 Å². The van der Waals surface area contributed by atoms with Crippen LogP contribution in [0.5, 0.6) is 0 Å². The van der Waals surface area contributed by atoms with Gasteiger partial charge in [0, 0.05) is 37.6 Å². The van der Waals surface area contributed by atoms with Crippen LogP contribution >= 0.6 is 0 Å². The molecule has 0 unspecified atom stereocenters. The van der Waals surface area contributed by atoms with Crippen molar-refractivity contribution < 1.29 is 48.7 Å². The van der Waals surface area contributed by atoms with Crippen molar-refractivity contribution in [3.05, 3.63) is 88.0 Å². The minimum absolute atomic E-state index is 0.0577. The molecule has 0 atom stereocenters. The summed E-state index contributed by atoms with van der Waals surface area (Å²) in [5, 5.41) is 2.01. The fourth-order valence-corrected chi connectivity index (χ4v) is 3.81. The molecule has 1 amide bonds. The largest absolute Gasteiger partial charge is 0.368 e. The molecule has 0 aromatic heterocycles. The molecule has 1 saturated heterocycles. The molecule has 0 saturated carbocycles. The number of hydrogen-bond acceptors (Lipinski definition) is 3. The summed E-state index contributed by atoms with van der Waals surface area (Å²) in [5.41, 5.74) is -2.27. The molecule has 1 heterocycles. The Morgan fingerprint density at radius 2 is 0.919 bits per heavy atom. The average Bonchev–Trinajstić information content (AvgIpc) is 2.89. The summed E-state index contributed by atoms with van der Waals surface area (Å²) in [5.74, 6) is -23.4. The lowest BCUT2D eigenvalue weighted by Crippen LogP contribution is -2.47. The second kappa shape index (κ2) is 9.82. The third kappa shape index (κ3) is 4.51. The predicted octanol–water partition coefficient (Wildman–Crippen LogP) is 5.66. The highest BCUT2D eigenvalue weighted by atomic mass is 19.2. The van der Waals surface area contributed by atoms with Crippen LogP contribution in [0.3, 0.4) is 0 Å². The van der Waals surface area contributed by atoms with E-state index in [0.717, 1.165) is 4.90 Å². The SMILES string of the molecule is O=C(Nc1ccc(N2CCN(c3c(F)c(F)c(F)c(F)c3F)CC2)cc1)c1c(F)c(F)c(F)c(F)c1F. The topological polar surface area (TPSA) is 35.6 Å². The zero-order valence-corrected chi connectivity index (χ0v) is 18.2. The first kappa shape index (κ1) is 26.1. The Labute approximate surface area is 201 Å². The fourth-order valence-electron chi connectivity index (χ4n) is 3.81. The predicted molar refractivity (Wildman–Crippen MR) is 111 cm³/mol. The first-order chi connectivity index (χ1) is 17.4. The number of rotatable bonds is 4. The standard InChI is InChI=1S/C23H13F10N3O/c24-12-11(13(25)15(27)16(28)14(12)26)23(37)34-9-1-3-10(4-2-9)35-5-7-36(8-6-35)22-20(32)18(30)17(29)19(31)21(22)33/h1-4H,5-8H2,(H,34,37). The number of carbonyl (C=O) groups excluding carboxylic acids is 1. The number of piperazine rings is 1. The molecule has 1 N–H and O–H groups in total. The number of amides is 1. The summed E-state index contributed by atoms with van der Waals surface area (Å²) in [6, 6.07) is 5.36. The van der Waals surface area contributed by atoms with Gasteiger partial charge in [-0.2, -0.15) is 0 Å². The first-order valence-electron chi connectivity index (χ1n) is 10.4. The molecule has 3 aromatic rings. The number of nitrogens with one attached hydrogen (secondary N) is 1. The third-order valence-corrected chi connectivity index (χ3v) is 5.71. The first-order valence-corrected chi connectivity index (χ1v) is 10.4. The van der Waals surface area contributed by atoms with Crippen LogP contribution in [0.15, 0.2) is 24.3 Å². The Balaban J connectivity index is 1.45. The molecule has 1 aliphatic heterocycles. The molecule has 1 aliphatic rings. The maximum Gasteiger partial charge on any atom is 0.261 e. The molecule has 4 nitrogen and oxygen atoms in total. The molecule has 14 heteroatoms. The van der Waals surface area contributed by atoms with Gasteiger partial charge in [0.25, 0.3) is 5.91 Å². The molecule has 0 radical (unpaired) electrons. The van der Waals surface area contributed by atoms with Gasteiger partial charge in [-0.25, -0.2) is 43.9 Å². The van der Waals surface area contributed by atoms with Crippen molar-refractivity contribution in [2.75, 3.05) is 41.3 Å². The molecular weight excluding hydrogens is 524 g/mol. The van der Waals surface area contributed by atoms with E-state index in [2.05, 4.69) is 0 Å². The number of anilines is 3. The zero-order valence-electron chi connectivity index (χ0n) is 18.2. The van der Waals surface area contributed by atoms with E-state index in [0.29, 0.717) is 5.69 Å². The van der Waals surface area contributed by atoms with Gasteiger partial charge in [0.15, 0.2) is 46.5 Å². The number of nitrogens with zero attached hydrogens (tertiary/aromatic N) is 2. The average molecular weight is 537 g/mol. The Kier molecular flexibility index (Phi) is 6.93. The Morgan fingerprint density at radius 3 is 1.38 bits per heavy atom.